The standard InChI is InChI=1S/C12H16N6O5/c13-9(17-22)4-1-18(11-6(4)10(14)15-3-16-11)12-8(21)7(20)5(2-19)23-12/h1,3,5,7-8,12,19-22H,2H2,(H2,13,17)(H2,14,15,16)/t5-,7-,8-,12-/m1/s1. The van der Waals surface area contributed by atoms with Crippen LogP contribution < -0.4 is 11.5 Å². The average molecular weight is 324 g/mol. The highest BCUT2D eigenvalue weighted by molar-refractivity contribution is 6.11. The van der Waals surface area contributed by atoms with Crippen molar-refractivity contribution >= 4 is 22.7 Å². The maximum absolute atomic E-state index is 10.2. The molecule has 4 atom stereocenters. The van der Waals surface area contributed by atoms with Gasteiger partial charge in [0.15, 0.2) is 12.1 Å². The summed E-state index contributed by atoms with van der Waals surface area (Å²) in [7, 11) is 0. The Hall–Kier alpha value is -2.47. The van der Waals surface area contributed by atoms with Crippen molar-refractivity contribution in [3.8, 4) is 0 Å². The molecule has 0 radical (unpaired) electrons. The van der Waals surface area contributed by atoms with Crippen molar-refractivity contribution in [3.63, 3.8) is 0 Å². The predicted octanol–water partition coefficient (Wildman–Crippen LogP) is -2.28. The van der Waals surface area contributed by atoms with Gasteiger partial charge in [-0.25, -0.2) is 9.97 Å². The van der Waals surface area contributed by atoms with Crippen LogP contribution in [0, 0.1) is 0 Å². The van der Waals surface area contributed by atoms with E-state index in [2.05, 4.69) is 15.1 Å². The third kappa shape index (κ3) is 2.26. The predicted molar refractivity (Wildman–Crippen MR) is 77.5 cm³/mol. The third-order valence-corrected chi connectivity index (χ3v) is 3.81. The smallest absolute Gasteiger partial charge is 0.172 e. The van der Waals surface area contributed by atoms with Gasteiger partial charge in [-0.05, 0) is 0 Å². The summed E-state index contributed by atoms with van der Waals surface area (Å²) in [5.41, 5.74) is 12.0. The molecule has 0 bridgehead atoms. The molecule has 2 aromatic heterocycles. The van der Waals surface area contributed by atoms with Crippen LogP contribution in [0.25, 0.3) is 11.0 Å². The Morgan fingerprint density at radius 3 is 2.70 bits per heavy atom. The lowest BCUT2D eigenvalue weighted by molar-refractivity contribution is -0.0508. The second-order valence-corrected chi connectivity index (χ2v) is 5.12. The minimum absolute atomic E-state index is 0.0992. The lowest BCUT2D eigenvalue weighted by Crippen LogP contribution is -2.33. The molecule has 124 valence electrons. The van der Waals surface area contributed by atoms with Gasteiger partial charge in [0.1, 0.15) is 36.1 Å². The number of aliphatic hydroxyl groups excluding tert-OH is 3. The molecule has 11 nitrogen and oxygen atoms in total. The Balaban J connectivity index is 2.18. The number of nitrogens with two attached hydrogens (primary N) is 2. The summed E-state index contributed by atoms with van der Waals surface area (Å²) in [6.07, 6.45) is -1.91. The number of amidine groups is 1. The second kappa shape index (κ2) is 5.62. The summed E-state index contributed by atoms with van der Waals surface area (Å²) in [5.74, 6) is -0.121. The van der Waals surface area contributed by atoms with Gasteiger partial charge in [-0.3, -0.25) is 0 Å². The van der Waals surface area contributed by atoms with Crippen molar-refractivity contribution in [2.75, 3.05) is 12.3 Å². The van der Waals surface area contributed by atoms with Crippen molar-refractivity contribution in [1.29, 1.82) is 0 Å². The van der Waals surface area contributed by atoms with Gasteiger partial charge in [0.25, 0.3) is 0 Å². The lowest BCUT2D eigenvalue weighted by atomic mass is 10.1. The number of fused-ring (bicyclic) bond motifs is 1. The Morgan fingerprint density at radius 2 is 2.09 bits per heavy atom. The first-order valence-electron chi connectivity index (χ1n) is 6.71. The molecule has 0 spiro atoms. The van der Waals surface area contributed by atoms with Gasteiger partial charge >= 0.3 is 0 Å². The van der Waals surface area contributed by atoms with Crippen LogP contribution in [0.15, 0.2) is 17.7 Å². The number of oxime groups is 1. The SMILES string of the molecule is N/C(=N\O)c1cn([C@@H]2O[C@H](CO)[C@@H](O)[C@H]2O)c2ncnc(N)c12. The van der Waals surface area contributed by atoms with Crippen LogP contribution in [0.2, 0.25) is 0 Å². The number of aliphatic hydroxyl groups is 3. The van der Waals surface area contributed by atoms with E-state index in [-0.39, 0.29) is 22.9 Å². The molecule has 1 saturated heterocycles. The number of anilines is 1. The molecule has 23 heavy (non-hydrogen) atoms. The van der Waals surface area contributed by atoms with E-state index in [1.54, 1.807) is 0 Å². The zero-order valence-corrected chi connectivity index (χ0v) is 11.8. The molecule has 1 aliphatic rings. The Kier molecular flexibility index (Phi) is 3.77. The normalized spacial score (nSPS) is 28.6. The molecule has 0 saturated carbocycles. The number of hydrogen-bond donors (Lipinski definition) is 6. The fourth-order valence-corrected chi connectivity index (χ4v) is 2.66. The van der Waals surface area contributed by atoms with E-state index in [9.17, 15) is 15.3 Å². The Bertz CT molecular complexity index is 762. The monoisotopic (exact) mass is 324 g/mol. The lowest BCUT2D eigenvalue weighted by Gasteiger charge is -2.17. The molecule has 0 aliphatic carbocycles. The number of hydrogen-bond acceptors (Lipinski definition) is 9. The van der Waals surface area contributed by atoms with E-state index >= 15 is 0 Å². The molecular formula is C12H16N6O5. The molecule has 2 aromatic rings. The summed E-state index contributed by atoms with van der Waals surface area (Å²) in [5, 5.41) is 41.4. The van der Waals surface area contributed by atoms with Crippen molar-refractivity contribution < 1.29 is 25.3 Å². The number of nitrogens with zero attached hydrogens (tertiary/aromatic N) is 4. The van der Waals surface area contributed by atoms with Gasteiger partial charge in [-0.15, -0.1) is 0 Å². The Morgan fingerprint density at radius 1 is 1.35 bits per heavy atom. The first-order valence-corrected chi connectivity index (χ1v) is 6.71. The summed E-state index contributed by atoms with van der Waals surface area (Å²) < 4.78 is 6.86. The van der Waals surface area contributed by atoms with Gasteiger partial charge in [0, 0.05) is 6.20 Å². The summed E-state index contributed by atoms with van der Waals surface area (Å²) >= 11 is 0. The van der Waals surface area contributed by atoms with Crippen LogP contribution in [-0.2, 0) is 4.74 Å². The number of ether oxygens (including phenoxy) is 1. The molecule has 3 heterocycles. The third-order valence-electron chi connectivity index (χ3n) is 3.81. The maximum atomic E-state index is 10.2. The fourth-order valence-electron chi connectivity index (χ4n) is 2.66. The summed E-state index contributed by atoms with van der Waals surface area (Å²) in [6.45, 7) is -0.460. The van der Waals surface area contributed by atoms with Gasteiger partial charge in [0.2, 0.25) is 0 Å². The zero-order valence-electron chi connectivity index (χ0n) is 11.8. The Labute approximate surface area is 129 Å². The first-order chi connectivity index (χ1) is 11.0. The summed E-state index contributed by atoms with van der Waals surface area (Å²) in [6, 6.07) is 0. The van der Waals surface area contributed by atoms with E-state index in [4.69, 9.17) is 21.4 Å². The number of aromatic nitrogens is 3. The fraction of sp³-hybridized carbons (Fsp3) is 0.417. The molecule has 3 rings (SSSR count). The second-order valence-electron chi connectivity index (χ2n) is 5.12. The molecule has 0 amide bonds. The van der Waals surface area contributed by atoms with Crippen LogP contribution in [0.3, 0.4) is 0 Å². The van der Waals surface area contributed by atoms with Crippen molar-refractivity contribution in [1.82, 2.24) is 14.5 Å². The topological polar surface area (TPSA) is 185 Å². The largest absolute Gasteiger partial charge is 0.409 e. The van der Waals surface area contributed by atoms with E-state index in [0.717, 1.165) is 0 Å². The zero-order chi connectivity index (χ0) is 16.7. The maximum Gasteiger partial charge on any atom is 0.172 e. The molecule has 1 aliphatic heterocycles. The van der Waals surface area contributed by atoms with Gasteiger partial charge in [0.05, 0.1) is 17.6 Å². The molecule has 0 unspecified atom stereocenters. The van der Waals surface area contributed by atoms with Crippen LogP contribution >= 0.6 is 0 Å². The van der Waals surface area contributed by atoms with Crippen LogP contribution in [0.5, 0.6) is 0 Å². The van der Waals surface area contributed by atoms with Gasteiger partial charge in [-0.2, -0.15) is 0 Å². The number of rotatable bonds is 3. The molecule has 11 heteroatoms. The van der Waals surface area contributed by atoms with Crippen LogP contribution in [0.4, 0.5) is 5.82 Å². The van der Waals surface area contributed by atoms with Crippen molar-refractivity contribution in [2.45, 2.75) is 24.5 Å². The van der Waals surface area contributed by atoms with Crippen molar-refractivity contribution in [3.05, 3.63) is 18.1 Å². The molecule has 1 fully saturated rings. The summed E-state index contributed by atoms with van der Waals surface area (Å²) in [4.78, 5) is 7.94. The minimum atomic E-state index is -1.31. The quantitative estimate of drug-likeness (QED) is 0.156. The van der Waals surface area contributed by atoms with E-state index < -0.39 is 31.1 Å². The van der Waals surface area contributed by atoms with Crippen LogP contribution in [0.1, 0.15) is 11.8 Å². The first kappa shape index (κ1) is 15.4. The molecule has 8 N–H and O–H groups in total. The highest BCUT2D eigenvalue weighted by Gasteiger charge is 2.44. The highest BCUT2D eigenvalue weighted by atomic mass is 16.6. The van der Waals surface area contributed by atoms with Gasteiger partial charge < -0.3 is 41.3 Å². The van der Waals surface area contributed by atoms with E-state index in [1.165, 1.54) is 17.1 Å². The molecule has 0 aromatic carbocycles. The average Bonchev–Trinajstić information content (AvgIpc) is 3.07. The van der Waals surface area contributed by atoms with Crippen LogP contribution in [-0.4, -0.2) is 65.8 Å². The van der Waals surface area contributed by atoms with E-state index in [0.29, 0.717) is 5.39 Å². The van der Waals surface area contributed by atoms with Gasteiger partial charge in [-0.1, -0.05) is 5.16 Å². The number of nitrogen functional groups attached to an aromatic ring is 1. The minimum Gasteiger partial charge on any atom is -0.409 e. The molecular weight excluding hydrogens is 308 g/mol. The van der Waals surface area contributed by atoms with Crippen molar-refractivity contribution in [2.24, 2.45) is 10.9 Å². The van der Waals surface area contributed by atoms with E-state index in [1.807, 2.05) is 0 Å². The highest BCUT2D eigenvalue weighted by Crippen LogP contribution is 2.34.